The second-order valence-corrected chi connectivity index (χ2v) is 39.5. The highest BCUT2D eigenvalue weighted by Crippen LogP contribution is 2.42. The number of nitrogen functional groups attached to an aromatic ring is 3. The molecule has 722 valence electrons. The van der Waals surface area contributed by atoms with Gasteiger partial charge in [0.15, 0.2) is 11.2 Å². The molecule has 33 nitrogen and oxygen atoms in total. The first-order valence-corrected chi connectivity index (χ1v) is 47.1. The molecule has 19 aromatic rings. The van der Waals surface area contributed by atoms with Gasteiger partial charge >= 0.3 is 29.6 Å². The number of ether oxygens (including phenoxy) is 1. The minimum atomic E-state index is -0.978. The normalized spacial score (nSPS) is 12.6. The number of hydrogen-bond donors (Lipinski definition) is 6. The summed E-state index contributed by atoms with van der Waals surface area (Å²) in [6.45, 7) is 45.1. The summed E-state index contributed by atoms with van der Waals surface area (Å²) in [5.74, 6) is 0.172. The van der Waals surface area contributed by atoms with E-state index in [1.807, 2.05) is 277 Å². The fourth-order valence-corrected chi connectivity index (χ4v) is 16.8. The van der Waals surface area contributed by atoms with E-state index >= 15 is 0 Å². The summed E-state index contributed by atoms with van der Waals surface area (Å²) in [5.41, 5.74) is 33.0. The topological polar surface area (TPSA) is 438 Å². The molecule has 0 aliphatic carbocycles. The fourth-order valence-electron chi connectivity index (χ4n) is 15.6. The van der Waals surface area contributed by atoms with Crippen LogP contribution in [0, 0.1) is 51.3 Å². The molecule has 1 saturated heterocycles. The van der Waals surface area contributed by atoms with Gasteiger partial charge in [0.05, 0.1) is 118 Å². The number of non-ortho nitro benzene ring substituents is 1. The first kappa shape index (κ1) is 102. The van der Waals surface area contributed by atoms with Crippen molar-refractivity contribution in [3.8, 4) is 34.3 Å². The number of nitrogens with one attached hydrogen (secondary N) is 3. The van der Waals surface area contributed by atoms with Gasteiger partial charge in [0.25, 0.3) is 34.3 Å². The Hall–Kier alpha value is -16.5. The average Bonchev–Trinajstić information content (AvgIpc) is 1.58. The lowest BCUT2D eigenvalue weighted by Gasteiger charge is -2.32. The molecule has 1 aliphatic rings. The lowest BCUT2D eigenvalue weighted by molar-refractivity contribution is -0.384. The number of nitrogens with zero attached hydrogens (tertiary/aromatic N) is 15. The predicted molar refractivity (Wildman–Crippen MR) is 574 cm³/mol. The standard InChI is InChI=1S/C28H22N6O2.C20H15BrN4O.C19H15BrN4O2.C19H17BrN4.C13H17BN2O3.C7H4ClNO4/c1-28(2,15-29)18-6-8-19(9-7-18)34-25-20-12-16(17-5-11-24-22(13-17)32-26(30)36-24)4-10-21(20)31-14-23(25)33(3)27(34)35;1-20(2,22-3)12-4-7-14(8-5-12)25-18-15-10-13(21)6-9-16(15)23-11-17(18)24-19(25)26;1-19(2,21-3)12-4-7-14(8-5-12)23-18-15-10-13(20)6-9-16(15)22-11-17(18)24(25)26;1-19(2,22-3)12-4-7-14(8-5-12)24-18-15-10-13(20)6-9-17(15)23-11-16(18)21;1-12(2)13(3,4)19-14(18-12)8-5-6-10-9(7-8)16-11(15)17-10;8-7(10)13-6-3-1-5(2-4-6)9(11)12/h4-14H,1-3H3,(H2,30,32);4-11H,1-2H3,(H,24,26);4-11H,1-2H3,(H,22,23);4-11H,21H2,1-2H3,(H,23,24);5-7H,1-4H3,(H2,15,16);1-4H. The molecule has 0 radical (unpaired) electrons. The average molecular weight is 2140 g/mol. The number of pyridine rings is 4. The number of imidazole rings is 2. The van der Waals surface area contributed by atoms with Crippen molar-refractivity contribution < 1.29 is 37.5 Å². The Labute approximate surface area is 854 Å². The molecular formula is C106H90BBr3ClN21O12. The van der Waals surface area contributed by atoms with Crippen LogP contribution >= 0.6 is 59.4 Å². The van der Waals surface area contributed by atoms with Gasteiger partial charge in [-0.1, -0.05) is 78.1 Å². The Bertz CT molecular complexity index is 8560. The van der Waals surface area contributed by atoms with Gasteiger partial charge in [0, 0.05) is 135 Å². The summed E-state index contributed by atoms with van der Waals surface area (Å²) in [5, 5.41) is 41.0. The number of H-pyrrole nitrogens is 1. The predicted octanol–water partition coefficient (Wildman–Crippen LogP) is 25.2. The smallest absolute Gasteiger partial charge is 0.424 e. The Balaban J connectivity index is 0.000000133. The molecule has 1 aliphatic heterocycles. The molecule has 0 saturated carbocycles. The second kappa shape index (κ2) is 41.0. The van der Waals surface area contributed by atoms with E-state index in [0.29, 0.717) is 55.7 Å². The van der Waals surface area contributed by atoms with E-state index in [9.17, 15) is 39.9 Å². The van der Waals surface area contributed by atoms with Crippen LogP contribution in [0.15, 0.2) is 287 Å². The zero-order chi connectivity index (χ0) is 104. The lowest BCUT2D eigenvalue weighted by Crippen LogP contribution is -2.41. The maximum absolute atomic E-state index is 13.4. The molecule has 1 fully saturated rings. The SMILES string of the molecule is CC1(C)OB(c2ccc3oc(N)nc3c2)OC1(C)C.Cn1c(=O)n(-c2ccc(C(C)(C)C#N)cc2)c2c3cc(-c4ccc5oc(N)nc5c4)ccc3ncc21.O=C(Cl)Oc1ccc([N+](=O)[O-])cc1.[C-]#[N+]C(C)(C)c1ccc(-n2c(=O)[nH]c3cnc4ccc(Br)cc4c32)cc1.[C-]#[N+]C(C)(C)c1ccc(Nc2c(N)cnc3ccc(Br)cc23)cc1.[C-]#[N+]C(C)(C)c1ccc(Nc2c([N+](=O)[O-])cnc3ccc(Br)cc23)cc1. The Morgan fingerprint density at radius 3 is 1.46 bits per heavy atom. The van der Waals surface area contributed by atoms with E-state index < -0.39 is 44.4 Å². The van der Waals surface area contributed by atoms with Gasteiger partial charge in [-0.25, -0.2) is 39.1 Å². The number of halogens is 4. The molecule has 9 N–H and O–H groups in total. The van der Waals surface area contributed by atoms with Crippen LogP contribution in [0.2, 0.25) is 0 Å². The first-order valence-electron chi connectivity index (χ1n) is 44.4. The molecule has 144 heavy (non-hydrogen) atoms. The zero-order valence-corrected chi connectivity index (χ0v) is 85.2. The quantitative estimate of drug-likeness (QED) is 0.0182. The molecule has 0 amide bonds. The van der Waals surface area contributed by atoms with Crippen molar-refractivity contribution in [1.82, 2.24) is 48.6 Å². The van der Waals surface area contributed by atoms with Gasteiger partial charge in [-0.3, -0.25) is 48.9 Å². The highest BCUT2D eigenvalue weighted by molar-refractivity contribution is 9.11. The van der Waals surface area contributed by atoms with E-state index in [2.05, 4.69) is 119 Å². The van der Waals surface area contributed by atoms with Crippen LogP contribution in [0.1, 0.15) is 105 Å². The Morgan fingerprint density at radius 1 is 0.521 bits per heavy atom. The van der Waals surface area contributed by atoms with Crippen LogP contribution in [0.25, 0.3) is 125 Å². The van der Waals surface area contributed by atoms with Gasteiger partial charge < -0.3 is 70.2 Å². The van der Waals surface area contributed by atoms with Crippen molar-refractivity contribution in [3.05, 3.63) is 366 Å². The number of nitriles is 1. The van der Waals surface area contributed by atoms with E-state index in [1.165, 1.54) is 30.5 Å². The molecule has 0 bridgehead atoms. The van der Waals surface area contributed by atoms with Gasteiger partial charge in [-0.05, 0) is 252 Å². The molecule has 0 spiro atoms. The summed E-state index contributed by atoms with van der Waals surface area (Å²) < 4.78 is 34.8. The number of oxazole rings is 2. The minimum Gasteiger partial charge on any atom is -0.424 e. The van der Waals surface area contributed by atoms with Crippen molar-refractivity contribution in [2.45, 2.75) is 116 Å². The molecule has 38 heteroatoms. The number of rotatable bonds is 15. The first-order chi connectivity index (χ1) is 68.3. The van der Waals surface area contributed by atoms with Crippen LogP contribution in [0.5, 0.6) is 5.75 Å². The largest absolute Gasteiger partial charge is 0.494 e. The highest BCUT2D eigenvalue weighted by Gasteiger charge is 2.52. The van der Waals surface area contributed by atoms with Crippen LogP contribution in [0.3, 0.4) is 0 Å². The number of aromatic amines is 1. The van der Waals surface area contributed by atoms with Crippen LogP contribution in [-0.4, -0.2) is 82.2 Å². The summed E-state index contributed by atoms with van der Waals surface area (Å²) in [4.78, 5) is 96.6. The number of benzene rings is 11. The second-order valence-electron chi connectivity index (χ2n) is 36.5. The molecule has 20 rings (SSSR count). The highest BCUT2D eigenvalue weighted by atomic mass is 79.9. The van der Waals surface area contributed by atoms with Crippen molar-refractivity contribution in [2.24, 2.45) is 7.05 Å². The number of aryl methyl sites for hydroxylation is 1. The summed E-state index contributed by atoms with van der Waals surface area (Å²) in [6.07, 6.45) is 6.33. The van der Waals surface area contributed by atoms with Crippen LogP contribution in [0.4, 0.5) is 56.6 Å². The maximum atomic E-state index is 13.4. The number of nitro groups is 2. The number of fused-ring (bicyclic) bond motifs is 10. The number of carbonyl (C=O) groups is 1. The third kappa shape index (κ3) is 21.8. The number of carbonyl (C=O) groups excluding carboxylic acids is 1. The summed E-state index contributed by atoms with van der Waals surface area (Å²) in [7, 11) is 1.35. The van der Waals surface area contributed by atoms with E-state index in [-0.39, 0.29) is 51.7 Å². The van der Waals surface area contributed by atoms with Gasteiger partial charge in [0.2, 0.25) is 0 Å². The van der Waals surface area contributed by atoms with Crippen molar-refractivity contribution in [2.75, 3.05) is 27.8 Å². The van der Waals surface area contributed by atoms with Crippen molar-refractivity contribution in [3.63, 3.8) is 0 Å². The van der Waals surface area contributed by atoms with Gasteiger partial charge in [-0.15, -0.1) is 0 Å². The third-order valence-electron chi connectivity index (χ3n) is 24.7. The van der Waals surface area contributed by atoms with E-state index in [1.54, 1.807) is 51.5 Å². The van der Waals surface area contributed by atoms with Crippen molar-refractivity contribution in [1.29, 1.82) is 5.26 Å². The molecule has 8 aromatic heterocycles. The summed E-state index contributed by atoms with van der Waals surface area (Å²) in [6, 6.07) is 72.5. The number of hydrogen-bond acceptors (Lipinski definition) is 24. The van der Waals surface area contributed by atoms with Crippen molar-refractivity contribution >= 4 is 217 Å². The Morgan fingerprint density at radius 2 is 0.951 bits per heavy atom. The number of aromatic nitrogens is 10. The van der Waals surface area contributed by atoms with Gasteiger partial charge in [-0.2, -0.15) is 15.2 Å². The number of anilines is 7. The minimum absolute atomic E-state index is 0.0747. The summed E-state index contributed by atoms with van der Waals surface area (Å²) >= 11 is 15.3. The molecule has 0 unspecified atom stereocenters. The van der Waals surface area contributed by atoms with Gasteiger partial charge in [0.1, 0.15) is 28.7 Å². The molecule has 0 atom stereocenters. The maximum Gasteiger partial charge on any atom is 0.494 e. The monoisotopic (exact) mass is 2130 g/mol. The third-order valence-corrected chi connectivity index (χ3v) is 26.2. The lowest BCUT2D eigenvalue weighted by atomic mass is 9.79. The molecular weight excluding hydrogens is 2050 g/mol. The Kier molecular flexibility index (Phi) is 29.0. The van der Waals surface area contributed by atoms with Crippen LogP contribution in [-0.2, 0) is 38.4 Å². The molecule has 11 aromatic carbocycles. The van der Waals surface area contributed by atoms with Crippen LogP contribution < -0.4 is 49.4 Å². The number of nitrogens with two attached hydrogens (primary N) is 3. The zero-order valence-electron chi connectivity index (χ0n) is 79.7. The van der Waals surface area contributed by atoms with E-state index in [0.717, 1.165) is 124 Å². The fraction of sp³-hybridized carbons (Fsp3) is 0.179. The molecule has 9 heterocycles. The van der Waals surface area contributed by atoms with E-state index in [4.69, 9.17) is 66.7 Å². The number of nitro benzene ring substituents is 1.